The van der Waals surface area contributed by atoms with Gasteiger partial charge < -0.3 is 15.2 Å². The van der Waals surface area contributed by atoms with Gasteiger partial charge in [-0.25, -0.2) is 4.39 Å². The van der Waals surface area contributed by atoms with E-state index in [0.717, 1.165) is 50.7 Å². The fourth-order valence-electron chi connectivity index (χ4n) is 4.11. The third-order valence-electron chi connectivity index (χ3n) is 5.74. The Morgan fingerprint density at radius 3 is 2.61 bits per heavy atom. The first-order valence-corrected chi connectivity index (χ1v) is 10.2. The topological polar surface area (TPSA) is 67.1 Å². The highest BCUT2D eigenvalue weighted by atomic mass is 19.1. The average molecular weight is 387 g/mol. The summed E-state index contributed by atoms with van der Waals surface area (Å²) in [6.07, 6.45) is 8.55. The summed E-state index contributed by atoms with van der Waals surface area (Å²) in [5.74, 6) is 1.60. The lowest BCUT2D eigenvalue weighted by molar-refractivity contribution is 0.291. The number of halogens is 1. The van der Waals surface area contributed by atoms with E-state index >= 15 is 0 Å². The molecule has 1 fully saturated rings. The van der Waals surface area contributed by atoms with E-state index in [4.69, 9.17) is 0 Å². The second-order valence-electron chi connectivity index (χ2n) is 7.49. The summed E-state index contributed by atoms with van der Waals surface area (Å²) >= 11 is 0. The van der Waals surface area contributed by atoms with Crippen LogP contribution in [0.25, 0.3) is 0 Å². The molecule has 0 bridgehead atoms. The van der Waals surface area contributed by atoms with Crippen LogP contribution in [0.3, 0.4) is 0 Å². The number of aryl methyl sites for hydroxylation is 1. The van der Waals surface area contributed by atoms with Gasteiger partial charge in [0.1, 0.15) is 18.0 Å². The van der Waals surface area contributed by atoms with Gasteiger partial charge in [-0.15, -0.1) is 10.2 Å². The van der Waals surface area contributed by atoms with Crippen LogP contribution in [0.2, 0.25) is 0 Å². The molecule has 0 atom stereocenters. The first kappa shape index (κ1) is 20.3. The highest BCUT2D eigenvalue weighted by Crippen LogP contribution is 2.39. The Labute approximate surface area is 166 Å². The molecule has 2 N–H and O–H groups in total. The van der Waals surface area contributed by atoms with Gasteiger partial charge >= 0.3 is 0 Å². The lowest BCUT2D eigenvalue weighted by atomic mass is 9.69. The Bertz CT molecular complexity index is 761. The van der Waals surface area contributed by atoms with Crippen LogP contribution in [0.4, 0.5) is 4.39 Å². The van der Waals surface area contributed by atoms with Crippen molar-refractivity contribution in [3.8, 4) is 0 Å². The van der Waals surface area contributed by atoms with Crippen LogP contribution < -0.4 is 10.6 Å². The molecule has 1 heterocycles. The number of aliphatic imine (C=N–C) groups is 1. The molecule has 152 valence electrons. The minimum Gasteiger partial charge on any atom is -0.356 e. The number of hydrogen-bond donors (Lipinski definition) is 2. The molecule has 6 nitrogen and oxygen atoms in total. The summed E-state index contributed by atoms with van der Waals surface area (Å²) in [6.45, 7) is 4.41. The summed E-state index contributed by atoms with van der Waals surface area (Å²) in [5.41, 5.74) is 1.25. The van der Waals surface area contributed by atoms with Gasteiger partial charge in [0.25, 0.3) is 0 Å². The molecule has 28 heavy (non-hydrogen) atoms. The Morgan fingerprint density at radius 1 is 1.18 bits per heavy atom. The van der Waals surface area contributed by atoms with Gasteiger partial charge in [0.2, 0.25) is 0 Å². The van der Waals surface area contributed by atoms with Crippen molar-refractivity contribution >= 4 is 5.96 Å². The second kappa shape index (κ2) is 9.66. The molecule has 3 rings (SSSR count). The van der Waals surface area contributed by atoms with Crippen molar-refractivity contribution in [2.24, 2.45) is 4.99 Å². The molecular weight excluding hydrogens is 355 g/mol. The van der Waals surface area contributed by atoms with E-state index in [1.165, 1.54) is 24.8 Å². The molecule has 0 saturated heterocycles. The van der Waals surface area contributed by atoms with Crippen molar-refractivity contribution in [3.63, 3.8) is 0 Å². The number of nitrogens with zero attached hydrogens (tertiary/aromatic N) is 4. The molecular formula is C21H31FN6. The van der Waals surface area contributed by atoms with Crippen LogP contribution in [-0.4, -0.2) is 40.9 Å². The molecule has 0 aliphatic heterocycles. The van der Waals surface area contributed by atoms with Crippen LogP contribution in [-0.2, 0) is 18.4 Å². The zero-order valence-corrected chi connectivity index (χ0v) is 16.9. The molecule has 2 aromatic rings. The molecule has 1 aromatic heterocycles. The van der Waals surface area contributed by atoms with E-state index in [0.29, 0.717) is 0 Å². The Balaban J connectivity index is 1.59. The number of hydrogen-bond acceptors (Lipinski definition) is 3. The molecule has 7 heteroatoms. The largest absolute Gasteiger partial charge is 0.356 e. The van der Waals surface area contributed by atoms with E-state index in [1.807, 2.05) is 12.1 Å². The summed E-state index contributed by atoms with van der Waals surface area (Å²) in [4.78, 5) is 4.37. The van der Waals surface area contributed by atoms with Crippen LogP contribution >= 0.6 is 0 Å². The SMILES string of the molecule is CCc1nncn1CCNC(=NC)NCC1(c2ccc(F)cc2)CCCCC1. The molecule has 0 amide bonds. The van der Waals surface area contributed by atoms with Crippen LogP contribution in [0.15, 0.2) is 35.6 Å². The molecule has 0 spiro atoms. The minimum absolute atomic E-state index is 0.0349. The predicted molar refractivity (Wildman–Crippen MR) is 110 cm³/mol. The summed E-state index contributed by atoms with van der Waals surface area (Å²) in [6, 6.07) is 7.03. The average Bonchev–Trinajstić information content (AvgIpc) is 3.19. The Hall–Kier alpha value is -2.44. The van der Waals surface area contributed by atoms with Crippen LogP contribution in [0, 0.1) is 5.82 Å². The zero-order valence-electron chi connectivity index (χ0n) is 16.9. The molecule has 1 aliphatic rings. The van der Waals surface area contributed by atoms with Gasteiger partial charge in [-0.1, -0.05) is 38.3 Å². The van der Waals surface area contributed by atoms with Gasteiger partial charge in [-0.3, -0.25) is 4.99 Å². The third-order valence-corrected chi connectivity index (χ3v) is 5.74. The van der Waals surface area contributed by atoms with Crippen molar-refractivity contribution in [1.82, 2.24) is 25.4 Å². The number of benzene rings is 1. The lowest BCUT2D eigenvalue weighted by Gasteiger charge is -2.38. The first-order valence-electron chi connectivity index (χ1n) is 10.2. The fourth-order valence-corrected chi connectivity index (χ4v) is 4.11. The maximum Gasteiger partial charge on any atom is 0.191 e. The van der Waals surface area contributed by atoms with E-state index in [1.54, 1.807) is 25.5 Å². The number of aromatic nitrogens is 3. The Kier molecular flexibility index (Phi) is 7.01. The maximum atomic E-state index is 13.4. The highest BCUT2D eigenvalue weighted by molar-refractivity contribution is 5.79. The first-order chi connectivity index (χ1) is 13.7. The normalized spacial score (nSPS) is 16.8. The van der Waals surface area contributed by atoms with E-state index < -0.39 is 0 Å². The monoisotopic (exact) mass is 386 g/mol. The van der Waals surface area contributed by atoms with Gasteiger partial charge in [-0.05, 0) is 30.5 Å². The summed E-state index contributed by atoms with van der Waals surface area (Å²) in [5, 5.41) is 15.0. The van der Waals surface area contributed by atoms with Gasteiger partial charge in [0, 0.05) is 38.5 Å². The molecule has 1 aromatic carbocycles. The third kappa shape index (κ3) is 4.88. The zero-order chi connectivity index (χ0) is 19.8. The Morgan fingerprint density at radius 2 is 1.93 bits per heavy atom. The quantitative estimate of drug-likeness (QED) is 0.567. The van der Waals surface area contributed by atoms with Crippen molar-refractivity contribution in [1.29, 1.82) is 0 Å². The second-order valence-corrected chi connectivity index (χ2v) is 7.49. The van der Waals surface area contributed by atoms with E-state index in [-0.39, 0.29) is 11.2 Å². The predicted octanol–water partition coefficient (Wildman–Crippen LogP) is 3.05. The van der Waals surface area contributed by atoms with Gasteiger partial charge in [0.05, 0.1) is 0 Å². The van der Waals surface area contributed by atoms with Crippen molar-refractivity contribution in [3.05, 3.63) is 47.8 Å². The van der Waals surface area contributed by atoms with Gasteiger partial charge in [0.15, 0.2) is 5.96 Å². The fraction of sp³-hybridized carbons (Fsp3) is 0.571. The van der Waals surface area contributed by atoms with Crippen molar-refractivity contribution < 1.29 is 4.39 Å². The molecule has 0 radical (unpaired) electrons. The smallest absolute Gasteiger partial charge is 0.191 e. The molecule has 1 aliphatic carbocycles. The lowest BCUT2D eigenvalue weighted by Crippen LogP contribution is -2.47. The maximum absolute atomic E-state index is 13.4. The van der Waals surface area contributed by atoms with Crippen molar-refractivity contribution in [2.75, 3.05) is 20.1 Å². The van der Waals surface area contributed by atoms with E-state index in [2.05, 4.69) is 37.3 Å². The minimum atomic E-state index is -0.180. The number of guanidine groups is 1. The van der Waals surface area contributed by atoms with Crippen LogP contribution in [0.5, 0.6) is 0 Å². The number of rotatable bonds is 7. The summed E-state index contributed by atoms with van der Waals surface area (Å²) < 4.78 is 15.5. The highest BCUT2D eigenvalue weighted by Gasteiger charge is 2.34. The summed E-state index contributed by atoms with van der Waals surface area (Å²) in [7, 11) is 1.79. The van der Waals surface area contributed by atoms with Crippen LogP contribution in [0.1, 0.15) is 50.4 Å². The molecule has 1 saturated carbocycles. The van der Waals surface area contributed by atoms with Crippen molar-refractivity contribution in [2.45, 2.75) is 57.4 Å². The van der Waals surface area contributed by atoms with Gasteiger partial charge in [-0.2, -0.15) is 0 Å². The molecule has 0 unspecified atom stereocenters. The number of nitrogens with one attached hydrogen (secondary N) is 2. The van der Waals surface area contributed by atoms with E-state index in [9.17, 15) is 4.39 Å². The standard InChI is InChI=1S/C21H31FN6/c1-3-19-27-26-16-28(19)14-13-24-20(23-2)25-15-21(11-5-4-6-12-21)17-7-9-18(22)10-8-17/h7-10,16H,3-6,11-15H2,1-2H3,(H2,23,24,25).